The van der Waals surface area contributed by atoms with Crippen LogP contribution in [-0.2, 0) is 9.47 Å². The van der Waals surface area contributed by atoms with Crippen LogP contribution in [0.25, 0.3) is 5.52 Å². The molecular formula is C29H38FN3O5. The van der Waals surface area contributed by atoms with Crippen molar-refractivity contribution in [3.8, 4) is 0 Å². The lowest BCUT2D eigenvalue weighted by molar-refractivity contribution is 0.0124. The number of nitrogens with zero attached hydrogens (tertiary/aromatic N) is 3. The highest BCUT2D eigenvalue weighted by Crippen LogP contribution is 2.44. The highest BCUT2D eigenvalue weighted by Gasteiger charge is 2.42. The molecule has 2 aromatic heterocycles. The van der Waals surface area contributed by atoms with Crippen molar-refractivity contribution in [2.45, 2.75) is 96.7 Å². The Morgan fingerprint density at radius 3 is 2.45 bits per heavy atom. The largest absolute Gasteiger partial charge is 0.462 e. The van der Waals surface area contributed by atoms with Gasteiger partial charge >= 0.3 is 12.1 Å². The summed E-state index contributed by atoms with van der Waals surface area (Å²) in [5.74, 6) is -0.977. The molecule has 0 N–H and O–H groups in total. The molecule has 0 bridgehead atoms. The minimum atomic E-state index is -0.683. The van der Waals surface area contributed by atoms with E-state index < -0.39 is 22.9 Å². The minimum absolute atomic E-state index is 0.0618. The second kappa shape index (κ2) is 9.89. The summed E-state index contributed by atoms with van der Waals surface area (Å²) in [4.78, 5) is 42.8. The van der Waals surface area contributed by atoms with Crippen molar-refractivity contribution in [1.29, 1.82) is 0 Å². The molecule has 0 radical (unpaired) electrons. The van der Waals surface area contributed by atoms with Gasteiger partial charge in [-0.1, -0.05) is 0 Å². The third-order valence-electron chi connectivity index (χ3n) is 7.61. The third-order valence-corrected chi connectivity index (χ3v) is 7.61. The van der Waals surface area contributed by atoms with E-state index in [0.29, 0.717) is 29.9 Å². The number of esters is 1. The molecule has 0 unspecified atom stereocenters. The van der Waals surface area contributed by atoms with Crippen molar-refractivity contribution in [2.24, 2.45) is 0 Å². The minimum Gasteiger partial charge on any atom is -0.462 e. The van der Waals surface area contributed by atoms with E-state index in [2.05, 4.69) is 0 Å². The maximum atomic E-state index is 15.8. The standard InChI is InChI=1S/C29H38FN3O5/c1-6-37-27(35)22-14-21(18-9-10-18)24-17(2)25(23(30)16-32(24)26(22)34)31-13-7-8-20(15-31)33(19-11-12-19)28(36)38-29(3,4)5/h14,16,18-20H,6-13,15H2,1-5H3/t20-/m0/s1. The first-order valence-corrected chi connectivity index (χ1v) is 13.8. The van der Waals surface area contributed by atoms with Crippen molar-refractivity contribution in [1.82, 2.24) is 9.30 Å². The highest BCUT2D eigenvalue weighted by molar-refractivity contribution is 5.90. The Morgan fingerprint density at radius 1 is 1.13 bits per heavy atom. The molecule has 3 heterocycles. The second-order valence-corrected chi connectivity index (χ2v) is 11.8. The van der Waals surface area contributed by atoms with E-state index in [-0.39, 0.29) is 36.3 Å². The lowest BCUT2D eigenvalue weighted by Crippen LogP contribution is -2.52. The Hall–Kier alpha value is -3.10. The number of pyridine rings is 2. The van der Waals surface area contributed by atoms with Crippen LogP contribution in [0.15, 0.2) is 17.1 Å². The summed E-state index contributed by atoms with van der Waals surface area (Å²) in [6.45, 7) is 10.4. The summed E-state index contributed by atoms with van der Waals surface area (Å²) in [5, 5.41) is 0. The maximum Gasteiger partial charge on any atom is 0.410 e. The summed E-state index contributed by atoms with van der Waals surface area (Å²) < 4.78 is 27.9. The van der Waals surface area contributed by atoms with E-state index in [4.69, 9.17) is 9.47 Å². The van der Waals surface area contributed by atoms with Crippen LogP contribution < -0.4 is 10.5 Å². The molecule has 206 valence electrons. The molecule has 2 aromatic rings. The van der Waals surface area contributed by atoms with Crippen LogP contribution in [0, 0.1) is 12.7 Å². The second-order valence-electron chi connectivity index (χ2n) is 11.8. The molecule has 0 spiro atoms. The normalized spacial score (nSPS) is 19.9. The zero-order chi connectivity index (χ0) is 27.4. The van der Waals surface area contributed by atoms with Crippen molar-refractivity contribution >= 4 is 23.3 Å². The first kappa shape index (κ1) is 26.5. The fourth-order valence-corrected chi connectivity index (χ4v) is 5.74. The van der Waals surface area contributed by atoms with E-state index in [9.17, 15) is 14.4 Å². The molecule has 1 amide bonds. The van der Waals surface area contributed by atoms with Gasteiger partial charge < -0.3 is 19.3 Å². The van der Waals surface area contributed by atoms with Gasteiger partial charge in [0.2, 0.25) is 0 Å². The summed E-state index contributed by atoms with van der Waals surface area (Å²) in [5.41, 5.74) is 1.46. The number of aryl methyl sites for hydroxylation is 1. The molecule has 5 rings (SSSR count). The first-order chi connectivity index (χ1) is 18.0. The Bertz CT molecular complexity index is 1320. The predicted molar refractivity (Wildman–Crippen MR) is 143 cm³/mol. The number of hydrogen-bond acceptors (Lipinski definition) is 6. The molecule has 2 saturated carbocycles. The predicted octanol–water partition coefficient (Wildman–Crippen LogP) is 5.17. The number of carbonyl (C=O) groups excluding carboxylic acids is 2. The van der Waals surface area contributed by atoms with Gasteiger partial charge in [0.15, 0.2) is 5.82 Å². The van der Waals surface area contributed by atoms with Gasteiger partial charge in [0, 0.05) is 19.1 Å². The number of ether oxygens (including phenoxy) is 2. The van der Waals surface area contributed by atoms with Crippen LogP contribution >= 0.6 is 0 Å². The first-order valence-electron chi connectivity index (χ1n) is 13.8. The van der Waals surface area contributed by atoms with Gasteiger partial charge in [-0.3, -0.25) is 9.20 Å². The summed E-state index contributed by atoms with van der Waals surface area (Å²) >= 11 is 0. The highest BCUT2D eigenvalue weighted by atomic mass is 19.1. The van der Waals surface area contributed by atoms with Crippen molar-refractivity contribution in [3.05, 3.63) is 45.1 Å². The topological polar surface area (TPSA) is 80.6 Å². The fourth-order valence-electron chi connectivity index (χ4n) is 5.74. The number of rotatable bonds is 6. The number of hydrogen-bond donors (Lipinski definition) is 0. The van der Waals surface area contributed by atoms with E-state index in [1.807, 2.05) is 37.5 Å². The number of halogens is 1. The number of fused-ring (bicyclic) bond motifs is 1. The molecule has 3 aliphatic rings. The van der Waals surface area contributed by atoms with Gasteiger partial charge in [0.25, 0.3) is 5.56 Å². The van der Waals surface area contributed by atoms with Gasteiger partial charge in [0.1, 0.15) is 11.2 Å². The van der Waals surface area contributed by atoms with E-state index in [1.54, 1.807) is 13.0 Å². The monoisotopic (exact) mass is 527 g/mol. The molecular weight excluding hydrogens is 489 g/mol. The lowest BCUT2D eigenvalue weighted by atomic mass is 9.99. The number of aromatic nitrogens is 1. The zero-order valence-electron chi connectivity index (χ0n) is 23.0. The van der Waals surface area contributed by atoms with E-state index >= 15 is 4.39 Å². The van der Waals surface area contributed by atoms with Crippen molar-refractivity contribution in [3.63, 3.8) is 0 Å². The Morgan fingerprint density at radius 2 is 1.84 bits per heavy atom. The summed E-state index contributed by atoms with van der Waals surface area (Å²) in [7, 11) is 0. The van der Waals surface area contributed by atoms with Gasteiger partial charge in [-0.25, -0.2) is 14.0 Å². The SMILES string of the molecule is CCOC(=O)c1cc(C2CC2)c2c(C)c(N3CCC[C@H](N(C(=O)OC(C)(C)C)C4CC4)C3)c(F)cn2c1=O. The number of carbonyl (C=O) groups is 2. The fraction of sp³-hybridized carbons (Fsp3) is 0.621. The van der Waals surface area contributed by atoms with Crippen LogP contribution in [-0.4, -0.2) is 58.7 Å². The van der Waals surface area contributed by atoms with Gasteiger partial charge in [-0.05, 0) is 96.3 Å². The van der Waals surface area contributed by atoms with Gasteiger partial charge in [-0.15, -0.1) is 0 Å². The molecule has 1 saturated heterocycles. The molecule has 38 heavy (non-hydrogen) atoms. The molecule has 9 heteroatoms. The van der Waals surface area contributed by atoms with E-state index in [1.165, 1.54) is 10.6 Å². The van der Waals surface area contributed by atoms with Crippen LogP contribution in [0.3, 0.4) is 0 Å². The lowest BCUT2D eigenvalue weighted by Gasteiger charge is -2.41. The van der Waals surface area contributed by atoms with Crippen molar-refractivity contribution in [2.75, 3.05) is 24.6 Å². The summed E-state index contributed by atoms with van der Waals surface area (Å²) in [6.07, 6.45) is 6.37. The molecule has 2 aliphatic carbocycles. The third kappa shape index (κ3) is 5.12. The zero-order valence-corrected chi connectivity index (χ0v) is 23.0. The quantitative estimate of drug-likeness (QED) is 0.482. The van der Waals surface area contributed by atoms with E-state index in [0.717, 1.165) is 44.1 Å². The van der Waals surface area contributed by atoms with Crippen LogP contribution in [0.2, 0.25) is 0 Å². The molecule has 8 nitrogen and oxygen atoms in total. The Kier molecular flexibility index (Phi) is 6.90. The number of piperidine rings is 1. The van der Waals surface area contributed by atoms with Crippen LogP contribution in [0.1, 0.15) is 93.6 Å². The smallest absolute Gasteiger partial charge is 0.410 e. The molecule has 3 fully saturated rings. The van der Waals surface area contributed by atoms with Crippen LogP contribution in [0.4, 0.5) is 14.9 Å². The molecule has 1 atom stereocenters. The number of amides is 1. The maximum absolute atomic E-state index is 15.8. The Labute approximate surface area is 222 Å². The summed E-state index contributed by atoms with van der Waals surface area (Å²) in [6, 6.07) is 1.73. The van der Waals surface area contributed by atoms with Gasteiger partial charge in [-0.2, -0.15) is 0 Å². The van der Waals surface area contributed by atoms with Crippen LogP contribution in [0.5, 0.6) is 0 Å². The average molecular weight is 528 g/mol. The van der Waals surface area contributed by atoms with Crippen molar-refractivity contribution < 1.29 is 23.5 Å². The molecule has 1 aliphatic heterocycles. The number of anilines is 1. The Balaban J connectivity index is 1.53. The average Bonchev–Trinajstić information content (AvgIpc) is 3.74. The molecule has 0 aromatic carbocycles. The van der Waals surface area contributed by atoms with Gasteiger partial charge in [0.05, 0.1) is 30.0 Å².